The normalized spacial score (nSPS) is 10.1. The van der Waals surface area contributed by atoms with E-state index < -0.39 is 5.97 Å². The first-order valence-corrected chi connectivity index (χ1v) is 4.09. The van der Waals surface area contributed by atoms with E-state index in [1.807, 2.05) is 13.8 Å². The van der Waals surface area contributed by atoms with Crippen LogP contribution in [0.15, 0.2) is 0 Å². The molecule has 0 amide bonds. The molecule has 1 rings (SSSR count). The molecule has 0 saturated carbocycles. The lowest BCUT2D eigenvalue weighted by atomic mass is 10.2. The molecule has 0 bridgehead atoms. The number of hydrogen-bond donors (Lipinski definition) is 1. The summed E-state index contributed by atoms with van der Waals surface area (Å²) in [7, 11) is 0. The Labute approximate surface area is 76.4 Å². The Kier molecular flexibility index (Phi) is 2.55. The maximum Gasteiger partial charge on any atom is 0.332 e. The number of carbonyl (C=O) groups excluding carboxylic acids is 1. The zero-order valence-electron chi connectivity index (χ0n) is 8.00. The predicted octanol–water partition coefficient (Wildman–Crippen LogP) is 0.311. The molecule has 0 aliphatic rings. The van der Waals surface area contributed by atoms with E-state index >= 15 is 0 Å². The van der Waals surface area contributed by atoms with Crippen LogP contribution in [0.1, 0.15) is 25.1 Å². The van der Waals surface area contributed by atoms with Crippen LogP contribution < -0.4 is 10.6 Å². The van der Waals surface area contributed by atoms with Crippen LogP contribution in [0.4, 0.5) is 5.82 Å². The third kappa shape index (κ3) is 1.80. The Morgan fingerprint density at radius 2 is 2.31 bits per heavy atom. The molecule has 2 N–H and O–H groups in total. The van der Waals surface area contributed by atoms with E-state index in [-0.39, 0.29) is 0 Å². The van der Waals surface area contributed by atoms with Gasteiger partial charge in [-0.05, 0) is 13.3 Å². The second-order valence-electron chi connectivity index (χ2n) is 2.76. The van der Waals surface area contributed by atoms with Crippen LogP contribution in [0.5, 0.6) is 0 Å². The van der Waals surface area contributed by atoms with Gasteiger partial charge in [0.05, 0.1) is 5.69 Å². The summed E-state index contributed by atoms with van der Waals surface area (Å²) in [5.41, 5.74) is 7.40. The zero-order chi connectivity index (χ0) is 10.0. The lowest BCUT2D eigenvalue weighted by molar-refractivity contribution is -0.142. The number of aromatic nitrogens is 2. The summed E-state index contributed by atoms with van der Waals surface area (Å²) in [6.07, 6.45) is 0.777. The molecule has 0 atom stereocenters. The minimum absolute atomic E-state index is 0.398. The number of nitrogen functional groups attached to an aromatic ring is 1. The molecule has 72 valence electrons. The van der Waals surface area contributed by atoms with Crippen molar-refractivity contribution in [3.8, 4) is 0 Å². The lowest BCUT2D eigenvalue weighted by Gasteiger charge is -2.01. The monoisotopic (exact) mass is 183 g/mol. The van der Waals surface area contributed by atoms with Crippen molar-refractivity contribution in [3.63, 3.8) is 0 Å². The van der Waals surface area contributed by atoms with Gasteiger partial charge in [-0.3, -0.25) is 0 Å². The smallest absolute Gasteiger partial charge is 0.332 e. The van der Waals surface area contributed by atoms with Gasteiger partial charge in [0.15, 0.2) is 5.82 Å². The molecule has 0 spiro atoms. The first-order chi connectivity index (χ1) is 6.06. The van der Waals surface area contributed by atoms with Gasteiger partial charge in [-0.15, -0.1) is 5.10 Å². The minimum Gasteiger partial charge on any atom is -0.381 e. The van der Waals surface area contributed by atoms with Crippen molar-refractivity contribution in [3.05, 3.63) is 11.3 Å². The molecule has 0 aromatic carbocycles. The highest BCUT2D eigenvalue weighted by Gasteiger charge is 2.12. The summed E-state index contributed by atoms with van der Waals surface area (Å²) in [6.45, 7) is 5.11. The fraction of sp³-hybridized carbons (Fsp3) is 0.500. The Hall–Kier alpha value is -1.52. The largest absolute Gasteiger partial charge is 0.381 e. The molecule has 0 radical (unpaired) electrons. The molecule has 5 nitrogen and oxygen atoms in total. The second-order valence-corrected chi connectivity index (χ2v) is 2.76. The lowest BCUT2D eigenvalue weighted by Crippen LogP contribution is -2.19. The van der Waals surface area contributed by atoms with Crippen molar-refractivity contribution in [2.24, 2.45) is 0 Å². The zero-order valence-corrected chi connectivity index (χ0v) is 8.00. The number of aryl methyl sites for hydroxylation is 1. The number of nitrogens with two attached hydrogens (primary N) is 1. The van der Waals surface area contributed by atoms with Crippen molar-refractivity contribution >= 4 is 11.8 Å². The Morgan fingerprint density at radius 3 is 2.69 bits per heavy atom. The molecular formula is C8H13N3O2. The van der Waals surface area contributed by atoms with Gasteiger partial charge in [0, 0.05) is 12.5 Å². The Bertz CT molecular complexity index is 330. The van der Waals surface area contributed by atoms with Gasteiger partial charge in [0.1, 0.15) is 0 Å². The molecule has 1 aromatic heterocycles. The molecule has 0 aliphatic carbocycles. The van der Waals surface area contributed by atoms with E-state index in [1.54, 1.807) is 0 Å². The third-order valence-electron chi connectivity index (χ3n) is 1.76. The van der Waals surface area contributed by atoms with Crippen LogP contribution in [0.2, 0.25) is 0 Å². The van der Waals surface area contributed by atoms with Crippen molar-refractivity contribution in [1.29, 1.82) is 0 Å². The minimum atomic E-state index is -0.433. The van der Waals surface area contributed by atoms with E-state index in [9.17, 15) is 4.79 Å². The van der Waals surface area contributed by atoms with E-state index in [4.69, 9.17) is 10.6 Å². The number of nitrogens with zero attached hydrogens (tertiary/aromatic N) is 2. The highest BCUT2D eigenvalue weighted by Crippen LogP contribution is 2.15. The van der Waals surface area contributed by atoms with Gasteiger partial charge in [0.2, 0.25) is 0 Å². The number of rotatable bonds is 2. The van der Waals surface area contributed by atoms with E-state index in [1.165, 1.54) is 6.92 Å². The van der Waals surface area contributed by atoms with Gasteiger partial charge < -0.3 is 10.6 Å². The quantitative estimate of drug-likeness (QED) is 0.716. The number of hydrogen-bond acceptors (Lipinski definition) is 4. The fourth-order valence-electron chi connectivity index (χ4n) is 1.18. The SMILES string of the molecule is CCc1c(C)nn(OC(C)=O)c1N. The average molecular weight is 183 g/mol. The summed E-state index contributed by atoms with van der Waals surface area (Å²) in [6, 6.07) is 0. The molecule has 1 heterocycles. The highest BCUT2D eigenvalue weighted by molar-refractivity contribution is 5.66. The fourth-order valence-corrected chi connectivity index (χ4v) is 1.18. The van der Waals surface area contributed by atoms with E-state index in [0.717, 1.165) is 22.5 Å². The molecule has 0 fully saturated rings. The second kappa shape index (κ2) is 3.47. The number of carbonyl (C=O) groups is 1. The molecule has 1 aromatic rings. The summed E-state index contributed by atoms with van der Waals surface area (Å²) < 4.78 is 0. The standard InChI is InChI=1S/C8H13N3O2/c1-4-7-5(2)10-11(8(7)9)13-6(3)12/h4,9H2,1-3H3. The van der Waals surface area contributed by atoms with Gasteiger partial charge in [-0.2, -0.15) is 0 Å². The van der Waals surface area contributed by atoms with Crippen molar-refractivity contribution in [2.75, 3.05) is 5.73 Å². The average Bonchev–Trinajstić information content (AvgIpc) is 2.26. The first-order valence-electron chi connectivity index (χ1n) is 4.09. The predicted molar refractivity (Wildman–Crippen MR) is 48.0 cm³/mol. The summed E-state index contributed by atoms with van der Waals surface area (Å²) in [4.78, 5) is 16.5. The number of anilines is 1. The van der Waals surface area contributed by atoms with Crippen molar-refractivity contribution in [2.45, 2.75) is 27.2 Å². The molecule has 0 saturated heterocycles. The van der Waals surface area contributed by atoms with Crippen LogP contribution in [0.25, 0.3) is 0 Å². The summed E-state index contributed by atoms with van der Waals surface area (Å²) in [5.74, 6) is -0.0351. The van der Waals surface area contributed by atoms with Crippen LogP contribution in [-0.4, -0.2) is 15.9 Å². The molecule has 5 heteroatoms. The van der Waals surface area contributed by atoms with Gasteiger partial charge in [0.25, 0.3) is 0 Å². The maximum absolute atomic E-state index is 10.6. The maximum atomic E-state index is 10.6. The van der Waals surface area contributed by atoms with Crippen LogP contribution >= 0.6 is 0 Å². The van der Waals surface area contributed by atoms with Gasteiger partial charge in [-0.1, -0.05) is 11.8 Å². The topological polar surface area (TPSA) is 70.1 Å². The van der Waals surface area contributed by atoms with Crippen molar-refractivity contribution in [1.82, 2.24) is 9.94 Å². The summed E-state index contributed by atoms with van der Waals surface area (Å²) in [5, 5.41) is 3.97. The van der Waals surface area contributed by atoms with E-state index in [2.05, 4.69) is 5.10 Å². The van der Waals surface area contributed by atoms with Crippen LogP contribution in [-0.2, 0) is 11.2 Å². The van der Waals surface area contributed by atoms with E-state index in [0.29, 0.717) is 5.82 Å². The molecule has 0 aliphatic heterocycles. The first kappa shape index (κ1) is 9.57. The van der Waals surface area contributed by atoms with Gasteiger partial charge in [-0.25, -0.2) is 4.79 Å². The third-order valence-corrected chi connectivity index (χ3v) is 1.76. The van der Waals surface area contributed by atoms with Crippen LogP contribution in [0.3, 0.4) is 0 Å². The summed E-state index contributed by atoms with van der Waals surface area (Å²) >= 11 is 0. The molecular weight excluding hydrogens is 170 g/mol. The van der Waals surface area contributed by atoms with Crippen LogP contribution in [0, 0.1) is 6.92 Å². The molecule has 13 heavy (non-hydrogen) atoms. The molecule has 0 unspecified atom stereocenters. The van der Waals surface area contributed by atoms with Crippen molar-refractivity contribution < 1.29 is 9.63 Å². The Morgan fingerprint density at radius 1 is 1.69 bits per heavy atom. The highest BCUT2D eigenvalue weighted by atomic mass is 16.7. The Balaban J connectivity index is 3.03. The van der Waals surface area contributed by atoms with Gasteiger partial charge >= 0.3 is 5.97 Å².